The fourth-order valence-corrected chi connectivity index (χ4v) is 10.9. The van der Waals surface area contributed by atoms with Crippen molar-refractivity contribution < 1.29 is 43.3 Å². The van der Waals surface area contributed by atoms with Crippen LogP contribution in [0.15, 0.2) is 88.9 Å². The van der Waals surface area contributed by atoms with Crippen molar-refractivity contribution in [3.63, 3.8) is 0 Å². The summed E-state index contributed by atoms with van der Waals surface area (Å²) in [6.45, 7) is 15.4. The van der Waals surface area contributed by atoms with Gasteiger partial charge in [0.1, 0.15) is 23.7 Å². The van der Waals surface area contributed by atoms with Gasteiger partial charge in [0.15, 0.2) is 0 Å². The number of likely N-dealkylation sites (tertiary alicyclic amines) is 1. The van der Waals surface area contributed by atoms with Crippen LogP contribution in [0.2, 0.25) is 0 Å². The van der Waals surface area contributed by atoms with Gasteiger partial charge in [-0.2, -0.15) is 0 Å². The Labute approximate surface area is 418 Å². The molecule has 0 aliphatic carbocycles. The van der Waals surface area contributed by atoms with Crippen molar-refractivity contribution in [2.75, 3.05) is 34.9 Å². The largest absolute Gasteiger partial charge is 0.445 e. The molecule has 5 amide bonds. The van der Waals surface area contributed by atoms with Gasteiger partial charge in [-0.15, -0.1) is 0 Å². The first kappa shape index (κ1) is 56.9. The fraction of sp³-hybridized carbons (Fsp3) is 0.577. The Morgan fingerprint density at radius 1 is 0.826 bits per heavy atom. The number of methoxy groups -OCH3 is 2. The Balaban J connectivity index is 1.41. The number of nitrogens with one attached hydrogen (secondary N) is 2. The summed E-state index contributed by atoms with van der Waals surface area (Å²) in [6.07, 6.45) is 0.834. The van der Waals surface area contributed by atoms with Crippen LogP contribution in [-0.4, -0.2) is 132 Å². The molecule has 69 heavy (non-hydrogen) atoms. The van der Waals surface area contributed by atoms with Crippen molar-refractivity contribution >= 4 is 51.3 Å². The Bertz CT molecular complexity index is 2090. The summed E-state index contributed by atoms with van der Waals surface area (Å²) >= 11 is 0. The van der Waals surface area contributed by atoms with Crippen LogP contribution in [0, 0.1) is 23.7 Å². The molecule has 1 fully saturated rings. The lowest BCUT2D eigenvalue weighted by atomic mass is 9.89. The Hall–Kier alpha value is -4.68. The van der Waals surface area contributed by atoms with Crippen molar-refractivity contribution in [2.24, 2.45) is 23.7 Å². The van der Waals surface area contributed by atoms with E-state index in [1.54, 1.807) is 65.6 Å². The minimum Gasteiger partial charge on any atom is -0.445 e. The minimum atomic E-state index is -0.963. The number of rotatable bonds is 25. The molecule has 1 aliphatic rings. The number of hydrogen-bond donors (Lipinski definition) is 3. The normalized spacial score (nSPS) is 17.7. The number of carbonyl (C=O) groups excluding carboxylic acids is 5. The number of hydrogen-bond acceptors (Lipinski definition) is 12. The van der Waals surface area contributed by atoms with Crippen molar-refractivity contribution in [3.8, 4) is 0 Å². The second kappa shape index (κ2) is 27.6. The number of benzene rings is 2. The maximum absolute atomic E-state index is 14.6. The van der Waals surface area contributed by atoms with Crippen molar-refractivity contribution in [1.82, 2.24) is 30.3 Å². The quantitative estimate of drug-likeness (QED) is 0.0704. The van der Waals surface area contributed by atoms with E-state index in [4.69, 9.17) is 14.2 Å². The topological polar surface area (TPSA) is 180 Å². The molecule has 2 heterocycles. The van der Waals surface area contributed by atoms with Crippen LogP contribution in [0.3, 0.4) is 0 Å². The van der Waals surface area contributed by atoms with Crippen LogP contribution < -0.4 is 10.6 Å². The van der Waals surface area contributed by atoms with E-state index in [1.165, 1.54) is 19.1 Å². The van der Waals surface area contributed by atoms with Gasteiger partial charge in [0.05, 0.1) is 48.8 Å². The molecule has 1 saturated heterocycles. The van der Waals surface area contributed by atoms with Gasteiger partial charge in [0, 0.05) is 46.0 Å². The van der Waals surface area contributed by atoms with Gasteiger partial charge in [0.25, 0.3) is 0 Å². The second-order valence-corrected chi connectivity index (χ2v) is 21.0. The molecular formula is C52H76N6O9S2. The lowest BCUT2D eigenvalue weighted by Gasteiger charge is -2.41. The summed E-state index contributed by atoms with van der Waals surface area (Å²) in [6, 6.07) is 19.2. The molecule has 0 spiro atoms. The van der Waals surface area contributed by atoms with Gasteiger partial charge >= 0.3 is 6.09 Å². The Morgan fingerprint density at radius 3 is 2.07 bits per heavy atom. The zero-order valence-electron chi connectivity index (χ0n) is 42.5. The van der Waals surface area contributed by atoms with E-state index in [0.717, 1.165) is 21.9 Å². The lowest BCUT2D eigenvalue weighted by Crippen LogP contribution is -2.60. The highest BCUT2D eigenvalue weighted by atomic mass is 33.1. The molecule has 17 heteroatoms. The highest BCUT2D eigenvalue weighted by molar-refractivity contribution is 8.76. The van der Waals surface area contributed by atoms with Crippen molar-refractivity contribution in [1.29, 1.82) is 0 Å². The summed E-state index contributed by atoms with van der Waals surface area (Å²) < 4.78 is 17.7. The average Bonchev–Trinajstić information content (AvgIpc) is 3.84. The number of carbonyl (C=O) groups is 5. The first-order valence-electron chi connectivity index (χ1n) is 24.0. The molecule has 380 valence electrons. The van der Waals surface area contributed by atoms with Gasteiger partial charge in [-0.25, -0.2) is 9.78 Å². The maximum atomic E-state index is 14.6. The molecule has 4 rings (SSSR count). The molecule has 15 nitrogen and oxygen atoms in total. The van der Waals surface area contributed by atoms with Gasteiger partial charge < -0.3 is 39.8 Å². The zero-order valence-corrected chi connectivity index (χ0v) is 44.1. The molecule has 0 radical (unpaired) electrons. The molecule has 1 aliphatic heterocycles. The number of aliphatic hydroxyl groups is 1. The van der Waals surface area contributed by atoms with Crippen LogP contribution in [0.5, 0.6) is 0 Å². The van der Waals surface area contributed by atoms with E-state index in [0.29, 0.717) is 24.9 Å². The third-order valence-corrected chi connectivity index (χ3v) is 15.5. The number of aromatic nitrogens is 1. The second-order valence-electron chi connectivity index (χ2n) is 18.8. The molecule has 1 unspecified atom stereocenters. The van der Waals surface area contributed by atoms with Crippen molar-refractivity contribution in [2.45, 2.75) is 146 Å². The van der Waals surface area contributed by atoms with Gasteiger partial charge in [0.2, 0.25) is 23.6 Å². The first-order valence-corrected chi connectivity index (χ1v) is 26.2. The monoisotopic (exact) mass is 993 g/mol. The van der Waals surface area contributed by atoms with Crippen LogP contribution in [0.1, 0.15) is 98.3 Å². The third kappa shape index (κ3) is 15.7. The summed E-state index contributed by atoms with van der Waals surface area (Å²) in [7, 11) is 9.40. The van der Waals surface area contributed by atoms with Gasteiger partial charge in [-0.3, -0.25) is 24.1 Å². The highest BCUT2D eigenvalue weighted by Crippen LogP contribution is 2.36. The third-order valence-electron chi connectivity index (χ3n) is 13.2. The lowest BCUT2D eigenvalue weighted by molar-refractivity contribution is -0.148. The first-order chi connectivity index (χ1) is 32.8. The molecule has 1 aromatic heterocycles. The number of aliphatic hydroxyl groups excluding tert-OH is 1. The maximum Gasteiger partial charge on any atom is 0.410 e. The van der Waals surface area contributed by atoms with Crippen LogP contribution >= 0.6 is 21.6 Å². The minimum absolute atomic E-state index is 0.00828. The molecule has 0 bridgehead atoms. The molecule has 0 saturated carbocycles. The summed E-state index contributed by atoms with van der Waals surface area (Å²) in [5.74, 6) is -2.74. The molecule has 3 N–H and O–H groups in total. The van der Waals surface area contributed by atoms with Gasteiger partial charge in [-0.1, -0.05) is 114 Å². The summed E-state index contributed by atoms with van der Waals surface area (Å²) in [5.41, 5.74) is 1.48. The number of likely N-dealkylation sites (N-methyl/N-ethyl adjacent to an activating group) is 2. The molecule has 10 atom stereocenters. The molecular weight excluding hydrogens is 917 g/mol. The number of pyridine rings is 1. The summed E-state index contributed by atoms with van der Waals surface area (Å²) in [4.78, 5) is 80.2. The smallest absolute Gasteiger partial charge is 0.410 e. The number of amides is 5. The fourth-order valence-electron chi connectivity index (χ4n) is 9.07. The molecule has 3 aromatic rings. The van der Waals surface area contributed by atoms with E-state index >= 15 is 0 Å². The van der Waals surface area contributed by atoms with E-state index < -0.39 is 60.4 Å². The van der Waals surface area contributed by atoms with E-state index in [1.807, 2.05) is 114 Å². The highest BCUT2D eigenvalue weighted by Gasteiger charge is 2.43. The van der Waals surface area contributed by atoms with Crippen LogP contribution in [-0.2, 0) is 40.0 Å². The zero-order chi connectivity index (χ0) is 50.9. The Kier molecular flexibility index (Phi) is 22.8. The predicted octanol–water partition coefficient (Wildman–Crippen LogP) is 7.77. The number of nitrogens with zero attached hydrogens (tertiary/aromatic N) is 4. The average molecular weight is 993 g/mol. The Morgan fingerprint density at radius 2 is 1.49 bits per heavy atom. The van der Waals surface area contributed by atoms with E-state index in [9.17, 15) is 29.1 Å². The van der Waals surface area contributed by atoms with E-state index in [2.05, 4.69) is 15.6 Å². The standard InChI is InChI=1S/C52H76N6O9S2/c1-13-34(6)46(41(65-11)30-43(59)58-29-19-22-40(58)48(66-12)35(7)49(61)54-36(8)47(60)38-20-15-14-16-21-38)56(9)51(63)44(32(2)3)55-50(62)45(33(4)5)57(10)52(64)67-31-37-24-26-39(27-25-37)68-69-42-23-17-18-28-53-42/h14-18,20-21,23-28,32-36,40-41,44-48,60H,13,19,22,29-31H2,1-12H3,(H,54,61)(H,55,62)/t34-,35+,36+,40?,41+,44-,45-,46-,47+,48+/m0/s1. The SMILES string of the molecule is CC[C@H](C)[C@@H]([C@@H](CC(=O)N1CCCC1[C@H](OC)[C@@H](C)C(=O)N[C@H](C)[C@@H](O)c1ccccc1)OC)N(C)C(=O)[C@@H](NC(=O)[C@H](C(C)C)N(C)C(=O)OCc1ccc(SSc2ccccn2)cc1)C(C)C. The van der Waals surface area contributed by atoms with Crippen LogP contribution in [0.4, 0.5) is 4.79 Å². The predicted molar refractivity (Wildman–Crippen MR) is 271 cm³/mol. The molecule has 2 aromatic carbocycles. The van der Waals surface area contributed by atoms with Gasteiger partial charge in [-0.05, 0) is 83.7 Å². The number of ether oxygens (including phenoxy) is 3. The van der Waals surface area contributed by atoms with E-state index in [-0.39, 0.29) is 54.5 Å². The van der Waals surface area contributed by atoms with Crippen molar-refractivity contribution in [3.05, 3.63) is 90.1 Å². The van der Waals surface area contributed by atoms with Crippen LogP contribution in [0.25, 0.3) is 0 Å². The summed E-state index contributed by atoms with van der Waals surface area (Å²) in [5, 5.41) is 17.7.